The first kappa shape index (κ1) is 6.73. The van der Waals surface area contributed by atoms with Crippen LogP contribution in [0.4, 0.5) is 0 Å². The fraction of sp³-hybridized carbons (Fsp3) is 0.500. The Morgan fingerprint density at radius 2 is 2.64 bits per heavy atom. The number of hydrogen-bond acceptors (Lipinski definition) is 3. The van der Waals surface area contributed by atoms with Crippen LogP contribution in [0.2, 0.25) is 0 Å². The van der Waals surface area contributed by atoms with Gasteiger partial charge < -0.3 is 14.8 Å². The van der Waals surface area contributed by atoms with Gasteiger partial charge in [0.15, 0.2) is 6.23 Å². The number of methoxy groups -OCH3 is 1. The predicted molar refractivity (Wildman–Crippen MR) is 40.7 cm³/mol. The van der Waals surface area contributed by atoms with E-state index in [1.165, 1.54) is 5.57 Å². The van der Waals surface area contributed by atoms with Crippen molar-refractivity contribution >= 4 is 0 Å². The van der Waals surface area contributed by atoms with E-state index in [0.717, 1.165) is 18.8 Å². The zero-order valence-corrected chi connectivity index (χ0v) is 6.46. The summed E-state index contributed by atoms with van der Waals surface area (Å²) >= 11 is 0. The van der Waals surface area contributed by atoms with Gasteiger partial charge in [0, 0.05) is 25.3 Å². The molecule has 0 spiro atoms. The Labute approximate surface area is 65.7 Å². The molecule has 2 aliphatic heterocycles. The normalized spacial score (nSPS) is 27.9. The van der Waals surface area contributed by atoms with Gasteiger partial charge in [0.05, 0.1) is 6.61 Å². The molecule has 0 aromatic carbocycles. The van der Waals surface area contributed by atoms with Crippen molar-refractivity contribution in [3.8, 4) is 0 Å². The van der Waals surface area contributed by atoms with E-state index < -0.39 is 0 Å². The molecular formula is C8H11NO2. The summed E-state index contributed by atoms with van der Waals surface area (Å²) in [4.78, 5) is 0. The standard InChI is InChI=1S/C8H11NO2/c1-10-8-6-3-5-11-7(6)2-4-9-8/h2,4,8-9H,3,5H2,1H3. The number of dihydropyridines is 1. The molecule has 0 aliphatic carbocycles. The van der Waals surface area contributed by atoms with Crippen LogP contribution in [0.25, 0.3) is 0 Å². The zero-order valence-electron chi connectivity index (χ0n) is 6.46. The second-order valence-electron chi connectivity index (χ2n) is 2.60. The fourth-order valence-corrected chi connectivity index (χ4v) is 1.42. The number of nitrogens with one attached hydrogen (secondary N) is 1. The first-order chi connectivity index (χ1) is 5.42. The van der Waals surface area contributed by atoms with Gasteiger partial charge in [-0.2, -0.15) is 0 Å². The summed E-state index contributed by atoms with van der Waals surface area (Å²) in [6.07, 6.45) is 4.80. The Morgan fingerprint density at radius 3 is 3.45 bits per heavy atom. The molecule has 3 heteroatoms. The maximum Gasteiger partial charge on any atom is 0.153 e. The van der Waals surface area contributed by atoms with E-state index >= 15 is 0 Å². The van der Waals surface area contributed by atoms with E-state index in [9.17, 15) is 0 Å². The van der Waals surface area contributed by atoms with E-state index in [-0.39, 0.29) is 6.23 Å². The molecule has 0 radical (unpaired) electrons. The van der Waals surface area contributed by atoms with E-state index in [0.29, 0.717) is 0 Å². The second-order valence-corrected chi connectivity index (χ2v) is 2.60. The molecule has 0 aromatic heterocycles. The lowest BCUT2D eigenvalue weighted by Gasteiger charge is -2.19. The smallest absolute Gasteiger partial charge is 0.153 e. The van der Waals surface area contributed by atoms with Crippen molar-refractivity contribution in [2.45, 2.75) is 12.6 Å². The Bertz CT molecular complexity index is 220. The highest BCUT2D eigenvalue weighted by Crippen LogP contribution is 2.25. The molecule has 1 N–H and O–H groups in total. The maximum atomic E-state index is 5.36. The molecule has 0 saturated carbocycles. The molecule has 1 atom stereocenters. The molecule has 0 amide bonds. The van der Waals surface area contributed by atoms with Gasteiger partial charge in [-0.3, -0.25) is 0 Å². The van der Waals surface area contributed by atoms with Crippen LogP contribution in [0.15, 0.2) is 23.6 Å². The van der Waals surface area contributed by atoms with Gasteiger partial charge >= 0.3 is 0 Å². The maximum absolute atomic E-state index is 5.36. The molecule has 11 heavy (non-hydrogen) atoms. The highest BCUT2D eigenvalue weighted by molar-refractivity contribution is 5.29. The van der Waals surface area contributed by atoms with Gasteiger partial charge in [-0.25, -0.2) is 0 Å². The molecule has 1 unspecified atom stereocenters. The third kappa shape index (κ3) is 1.01. The highest BCUT2D eigenvalue weighted by Gasteiger charge is 2.24. The molecule has 3 nitrogen and oxygen atoms in total. The van der Waals surface area contributed by atoms with E-state index in [2.05, 4.69) is 5.32 Å². The fourth-order valence-electron chi connectivity index (χ4n) is 1.42. The molecule has 0 fully saturated rings. The molecule has 60 valence electrons. The minimum atomic E-state index is 0.0255. The van der Waals surface area contributed by atoms with Crippen LogP contribution in [0.1, 0.15) is 6.42 Å². The van der Waals surface area contributed by atoms with E-state index in [1.807, 2.05) is 12.3 Å². The van der Waals surface area contributed by atoms with Crippen LogP contribution in [-0.2, 0) is 9.47 Å². The summed E-state index contributed by atoms with van der Waals surface area (Å²) in [5.41, 5.74) is 1.23. The first-order valence-electron chi connectivity index (χ1n) is 3.73. The largest absolute Gasteiger partial charge is 0.493 e. The number of ether oxygens (including phenoxy) is 2. The Morgan fingerprint density at radius 1 is 1.73 bits per heavy atom. The van der Waals surface area contributed by atoms with Crippen LogP contribution in [0, 0.1) is 0 Å². The number of allylic oxidation sites excluding steroid dienone is 1. The van der Waals surface area contributed by atoms with Crippen molar-refractivity contribution in [1.82, 2.24) is 5.32 Å². The van der Waals surface area contributed by atoms with Crippen molar-refractivity contribution < 1.29 is 9.47 Å². The van der Waals surface area contributed by atoms with Gasteiger partial charge in [0.1, 0.15) is 5.76 Å². The molecule has 2 aliphatic rings. The summed E-state index contributed by atoms with van der Waals surface area (Å²) in [7, 11) is 1.69. The SMILES string of the molecule is COC1NC=CC2=C1CCO2. The van der Waals surface area contributed by atoms with Gasteiger partial charge in [-0.1, -0.05) is 0 Å². The summed E-state index contributed by atoms with van der Waals surface area (Å²) < 4.78 is 10.6. The Balaban J connectivity index is 2.23. The third-order valence-corrected chi connectivity index (χ3v) is 1.98. The zero-order chi connectivity index (χ0) is 7.68. The molecule has 0 aromatic rings. The molecular weight excluding hydrogens is 142 g/mol. The van der Waals surface area contributed by atoms with Crippen LogP contribution < -0.4 is 5.32 Å². The molecule has 0 saturated heterocycles. The first-order valence-corrected chi connectivity index (χ1v) is 3.73. The van der Waals surface area contributed by atoms with E-state index in [1.54, 1.807) is 7.11 Å². The van der Waals surface area contributed by atoms with Crippen molar-refractivity contribution in [3.05, 3.63) is 23.6 Å². The van der Waals surface area contributed by atoms with Crippen molar-refractivity contribution in [2.75, 3.05) is 13.7 Å². The van der Waals surface area contributed by atoms with Crippen LogP contribution in [0.3, 0.4) is 0 Å². The van der Waals surface area contributed by atoms with Crippen LogP contribution >= 0.6 is 0 Å². The average Bonchev–Trinajstić information content (AvgIpc) is 2.50. The highest BCUT2D eigenvalue weighted by atomic mass is 16.5. The van der Waals surface area contributed by atoms with Gasteiger partial charge in [-0.15, -0.1) is 0 Å². The second kappa shape index (κ2) is 2.58. The molecule has 2 rings (SSSR count). The van der Waals surface area contributed by atoms with Crippen LogP contribution in [-0.4, -0.2) is 19.9 Å². The topological polar surface area (TPSA) is 30.5 Å². The predicted octanol–water partition coefficient (Wildman–Crippen LogP) is 0.750. The Hall–Kier alpha value is -0.960. The average molecular weight is 153 g/mol. The van der Waals surface area contributed by atoms with Crippen molar-refractivity contribution in [2.24, 2.45) is 0 Å². The lowest BCUT2D eigenvalue weighted by Crippen LogP contribution is -2.30. The monoisotopic (exact) mass is 153 g/mol. The van der Waals surface area contributed by atoms with E-state index in [4.69, 9.17) is 9.47 Å². The number of rotatable bonds is 1. The summed E-state index contributed by atoms with van der Waals surface area (Å²) in [5.74, 6) is 0.982. The third-order valence-electron chi connectivity index (χ3n) is 1.98. The molecule has 2 heterocycles. The summed E-state index contributed by atoms with van der Waals surface area (Å²) in [6.45, 7) is 0.788. The Kier molecular flexibility index (Phi) is 1.58. The minimum absolute atomic E-state index is 0.0255. The lowest BCUT2D eigenvalue weighted by atomic mass is 10.1. The number of hydrogen-bond donors (Lipinski definition) is 1. The lowest BCUT2D eigenvalue weighted by molar-refractivity contribution is 0.111. The van der Waals surface area contributed by atoms with Crippen LogP contribution in [0.5, 0.6) is 0 Å². The quantitative estimate of drug-likeness (QED) is 0.603. The minimum Gasteiger partial charge on any atom is -0.493 e. The summed E-state index contributed by atoms with van der Waals surface area (Å²) in [5, 5.41) is 3.10. The summed E-state index contributed by atoms with van der Waals surface area (Å²) in [6, 6.07) is 0. The van der Waals surface area contributed by atoms with Gasteiger partial charge in [0.25, 0.3) is 0 Å². The van der Waals surface area contributed by atoms with Crippen molar-refractivity contribution in [3.63, 3.8) is 0 Å². The van der Waals surface area contributed by atoms with Crippen molar-refractivity contribution in [1.29, 1.82) is 0 Å². The van der Waals surface area contributed by atoms with Gasteiger partial charge in [-0.05, 0) is 6.08 Å². The van der Waals surface area contributed by atoms with Gasteiger partial charge in [0.2, 0.25) is 0 Å². The molecule has 0 bridgehead atoms.